The summed E-state index contributed by atoms with van der Waals surface area (Å²) in [4.78, 5) is 16.6. The SMILES string of the molecule is N#C[C@@H](c1ccc(F)cc1)N1CCN(C(=O)c2ccc3ccccc3c2O)CC1. The van der Waals surface area contributed by atoms with Crippen molar-refractivity contribution in [1.29, 1.82) is 5.26 Å². The van der Waals surface area contributed by atoms with Crippen LogP contribution in [0.25, 0.3) is 10.8 Å². The number of phenols is 1. The van der Waals surface area contributed by atoms with E-state index in [4.69, 9.17) is 0 Å². The van der Waals surface area contributed by atoms with Gasteiger partial charge in [-0.15, -0.1) is 0 Å². The van der Waals surface area contributed by atoms with E-state index < -0.39 is 6.04 Å². The van der Waals surface area contributed by atoms with E-state index in [0.717, 1.165) is 10.9 Å². The van der Waals surface area contributed by atoms with E-state index in [1.807, 2.05) is 29.2 Å². The normalized spacial score (nSPS) is 15.8. The van der Waals surface area contributed by atoms with Gasteiger partial charge in [0.1, 0.15) is 17.6 Å². The highest BCUT2D eigenvalue weighted by atomic mass is 19.1. The standard InChI is InChI=1S/C23H20FN3O2/c24-18-8-5-17(6-9-18)21(15-25)26-11-13-27(14-12-26)23(29)20-10-7-16-3-1-2-4-19(16)22(20)28/h1-10,21,28H,11-14H2/t21-/m0/s1. The van der Waals surface area contributed by atoms with Crippen molar-refractivity contribution in [3.05, 3.63) is 77.6 Å². The Hall–Kier alpha value is -3.43. The second kappa shape index (κ2) is 7.90. The molecule has 3 aromatic carbocycles. The molecule has 0 unspecified atom stereocenters. The van der Waals surface area contributed by atoms with E-state index in [1.54, 1.807) is 29.2 Å². The highest BCUT2D eigenvalue weighted by Crippen LogP contribution is 2.30. The summed E-state index contributed by atoms with van der Waals surface area (Å²) >= 11 is 0. The predicted octanol–water partition coefficient (Wildman–Crippen LogP) is 3.71. The van der Waals surface area contributed by atoms with Gasteiger partial charge in [-0.1, -0.05) is 42.5 Å². The molecule has 0 spiro atoms. The van der Waals surface area contributed by atoms with Crippen LogP contribution in [0.1, 0.15) is 22.0 Å². The van der Waals surface area contributed by atoms with Gasteiger partial charge in [0.05, 0.1) is 11.6 Å². The predicted molar refractivity (Wildman–Crippen MR) is 108 cm³/mol. The maximum atomic E-state index is 13.2. The third kappa shape index (κ3) is 3.65. The molecule has 0 aromatic heterocycles. The molecule has 1 saturated heterocycles. The van der Waals surface area contributed by atoms with E-state index in [-0.39, 0.29) is 23.0 Å². The number of piperazine rings is 1. The van der Waals surface area contributed by atoms with E-state index in [1.165, 1.54) is 12.1 Å². The lowest BCUT2D eigenvalue weighted by Gasteiger charge is -2.37. The monoisotopic (exact) mass is 389 g/mol. The Balaban J connectivity index is 1.48. The van der Waals surface area contributed by atoms with E-state index >= 15 is 0 Å². The average molecular weight is 389 g/mol. The molecule has 1 atom stereocenters. The van der Waals surface area contributed by atoms with Gasteiger partial charge >= 0.3 is 0 Å². The minimum absolute atomic E-state index is 0.00302. The minimum Gasteiger partial charge on any atom is -0.506 e. The molecule has 0 bridgehead atoms. The fourth-order valence-electron chi connectivity index (χ4n) is 3.79. The zero-order valence-corrected chi connectivity index (χ0v) is 15.8. The Kier molecular flexibility index (Phi) is 5.15. The third-order valence-electron chi connectivity index (χ3n) is 5.41. The van der Waals surface area contributed by atoms with Crippen LogP contribution in [0, 0.1) is 17.1 Å². The lowest BCUT2D eigenvalue weighted by Crippen LogP contribution is -2.49. The number of halogens is 1. The Morgan fingerprint density at radius 3 is 2.38 bits per heavy atom. The van der Waals surface area contributed by atoms with Gasteiger partial charge in [-0.3, -0.25) is 9.69 Å². The molecule has 1 aliphatic rings. The quantitative estimate of drug-likeness (QED) is 0.742. The minimum atomic E-state index is -0.484. The molecule has 1 heterocycles. The number of rotatable bonds is 3. The van der Waals surface area contributed by atoms with Gasteiger partial charge in [-0.25, -0.2) is 4.39 Å². The molecular weight excluding hydrogens is 369 g/mol. The first-order chi connectivity index (χ1) is 14.1. The maximum absolute atomic E-state index is 13.2. The number of nitriles is 1. The van der Waals surface area contributed by atoms with Crippen LogP contribution in [0.3, 0.4) is 0 Å². The summed E-state index contributed by atoms with van der Waals surface area (Å²) in [5.41, 5.74) is 1.02. The Morgan fingerprint density at radius 2 is 1.69 bits per heavy atom. The van der Waals surface area contributed by atoms with Crippen LogP contribution in [0.15, 0.2) is 60.7 Å². The van der Waals surface area contributed by atoms with Crippen LogP contribution in [-0.4, -0.2) is 47.0 Å². The zero-order chi connectivity index (χ0) is 20.4. The molecule has 0 radical (unpaired) electrons. The van der Waals surface area contributed by atoms with Gasteiger partial charge in [0.2, 0.25) is 0 Å². The van der Waals surface area contributed by atoms with Gasteiger partial charge in [0.25, 0.3) is 5.91 Å². The summed E-state index contributed by atoms with van der Waals surface area (Å²) in [6.07, 6.45) is 0. The molecular formula is C23H20FN3O2. The molecule has 1 N–H and O–H groups in total. The Bertz CT molecular complexity index is 1080. The fraction of sp³-hybridized carbons (Fsp3) is 0.217. The first-order valence-corrected chi connectivity index (χ1v) is 9.47. The second-order valence-electron chi connectivity index (χ2n) is 7.09. The van der Waals surface area contributed by atoms with Crippen LogP contribution < -0.4 is 0 Å². The number of hydrogen-bond acceptors (Lipinski definition) is 4. The smallest absolute Gasteiger partial charge is 0.257 e. The van der Waals surface area contributed by atoms with Crippen molar-refractivity contribution >= 4 is 16.7 Å². The molecule has 146 valence electrons. The first kappa shape index (κ1) is 18.9. The summed E-state index contributed by atoms with van der Waals surface area (Å²) in [5, 5.41) is 21.7. The van der Waals surface area contributed by atoms with Gasteiger partial charge in [-0.05, 0) is 29.1 Å². The number of phenolic OH excluding ortho intramolecular Hbond substituents is 1. The van der Waals surface area contributed by atoms with Crippen LogP contribution in [0.4, 0.5) is 4.39 Å². The number of nitrogens with zero attached hydrogens (tertiary/aromatic N) is 3. The van der Waals surface area contributed by atoms with Crippen molar-refractivity contribution in [3.63, 3.8) is 0 Å². The average Bonchev–Trinajstić information content (AvgIpc) is 2.76. The maximum Gasteiger partial charge on any atom is 0.257 e. The summed E-state index contributed by atoms with van der Waals surface area (Å²) < 4.78 is 13.2. The van der Waals surface area contributed by atoms with Gasteiger partial charge in [0, 0.05) is 31.6 Å². The van der Waals surface area contributed by atoms with Gasteiger partial charge < -0.3 is 10.0 Å². The van der Waals surface area contributed by atoms with Crippen LogP contribution in [0.5, 0.6) is 5.75 Å². The van der Waals surface area contributed by atoms with Crippen molar-refractivity contribution in [2.45, 2.75) is 6.04 Å². The highest BCUT2D eigenvalue weighted by Gasteiger charge is 2.28. The molecule has 1 fully saturated rings. The molecule has 0 aliphatic carbocycles. The first-order valence-electron chi connectivity index (χ1n) is 9.47. The lowest BCUT2D eigenvalue weighted by molar-refractivity contribution is 0.0604. The third-order valence-corrected chi connectivity index (χ3v) is 5.41. The molecule has 29 heavy (non-hydrogen) atoms. The topological polar surface area (TPSA) is 67.6 Å². The van der Waals surface area contributed by atoms with Crippen LogP contribution >= 0.6 is 0 Å². The van der Waals surface area contributed by atoms with Crippen molar-refractivity contribution in [3.8, 4) is 11.8 Å². The van der Waals surface area contributed by atoms with Crippen molar-refractivity contribution in [1.82, 2.24) is 9.80 Å². The molecule has 5 nitrogen and oxygen atoms in total. The van der Waals surface area contributed by atoms with Crippen LogP contribution in [0.2, 0.25) is 0 Å². The summed E-state index contributed by atoms with van der Waals surface area (Å²) in [6, 6.07) is 18.6. The van der Waals surface area contributed by atoms with Crippen molar-refractivity contribution in [2.75, 3.05) is 26.2 Å². The van der Waals surface area contributed by atoms with Crippen LogP contribution in [-0.2, 0) is 0 Å². The number of aromatic hydroxyl groups is 1. The van der Waals surface area contributed by atoms with Crippen molar-refractivity contribution < 1.29 is 14.3 Å². The van der Waals surface area contributed by atoms with Crippen molar-refractivity contribution in [2.24, 2.45) is 0 Å². The highest BCUT2D eigenvalue weighted by molar-refractivity contribution is 6.03. The van der Waals surface area contributed by atoms with E-state index in [0.29, 0.717) is 31.6 Å². The van der Waals surface area contributed by atoms with E-state index in [2.05, 4.69) is 6.07 Å². The number of amides is 1. The second-order valence-corrected chi connectivity index (χ2v) is 7.09. The molecule has 3 aromatic rings. The number of hydrogen-bond donors (Lipinski definition) is 1. The molecule has 0 saturated carbocycles. The molecule has 1 aliphatic heterocycles. The Labute approximate surface area is 168 Å². The summed E-state index contributed by atoms with van der Waals surface area (Å²) in [6.45, 7) is 1.94. The molecule has 1 amide bonds. The fourth-order valence-corrected chi connectivity index (χ4v) is 3.79. The largest absolute Gasteiger partial charge is 0.506 e. The molecule has 4 rings (SSSR count). The summed E-state index contributed by atoms with van der Waals surface area (Å²) in [5.74, 6) is -0.559. The number of carbonyl (C=O) groups is 1. The lowest BCUT2D eigenvalue weighted by atomic mass is 10.0. The van der Waals surface area contributed by atoms with Gasteiger partial charge in [-0.2, -0.15) is 5.26 Å². The Morgan fingerprint density at radius 1 is 1.00 bits per heavy atom. The van der Waals surface area contributed by atoms with Gasteiger partial charge in [0.15, 0.2) is 0 Å². The number of benzene rings is 3. The molecule has 6 heteroatoms. The summed E-state index contributed by atoms with van der Waals surface area (Å²) in [7, 11) is 0. The number of fused-ring (bicyclic) bond motifs is 1. The zero-order valence-electron chi connectivity index (χ0n) is 15.8. The number of carbonyl (C=O) groups excluding carboxylic acids is 1. The van der Waals surface area contributed by atoms with E-state index in [9.17, 15) is 19.6 Å².